The van der Waals surface area contributed by atoms with Crippen molar-refractivity contribution in [2.75, 3.05) is 4.90 Å². The Balaban J connectivity index is 1.18. The monoisotopic (exact) mass is 659 g/mol. The van der Waals surface area contributed by atoms with Crippen molar-refractivity contribution in [3.8, 4) is 22.3 Å². The second kappa shape index (κ2) is 11.5. The third kappa shape index (κ3) is 4.74. The summed E-state index contributed by atoms with van der Waals surface area (Å²) in [6.07, 6.45) is 0. The van der Waals surface area contributed by atoms with E-state index in [4.69, 9.17) is 0 Å². The Morgan fingerprint density at radius 2 is 0.816 bits per heavy atom. The Morgan fingerprint density at radius 1 is 0.306 bits per heavy atom. The highest BCUT2D eigenvalue weighted by atomic mass is 32.1. The van der Waals surface area contributed by atoms with Crippen LogP contribution in [0.4, 0.5) is 17.1 Å². The number of anilines is 3. The van der Waals surface area contributed by atoms with Gasteiger partial charge in [0, 0.05) is 57.1 Å². The third-order valence-electron chi connectivity index (χ3n) is 9.68. The molecule has 0 aliphatic carbocycles. The van der Waals surface area contributed by atoms with Crippen molar-refractivity contribution >= 4 is 90.9 Å². The number of hydrogen-bond donors (Lipinski definition) is 0. The number of hydrogen-bond acceptors (Lipinski definition) is 3. The van der Waals surface area contributed by atoms with Crippen LogP contribution in [0.5, 0.6) is 0 Å². The number of benzene rings is 8. The zero-order chi connectivity index (χ0) is 32.3. The van der Waals surface area contributed by atoms with E-state index in [0.29, 0.717) is 0 Å². The van der Waals surface area contributed by atoms with Crippen molar-refractivity contribution in [3.05, 3.63) is 176 Å². The van der Waals surface area contributed by atoms with Crippen LogP contribution in [0.3, 0.4) is 0 Å². The lowest BCUT2D eigenvalue weighted by molar-refractivity contribution is 1.30. The fourth-order valence-corrected chi connectivity index (χ4v) is 9.51. The molecule has 0 unspecified atom stereocenters. The highest BCUT2D eigenvalue weighted by molar-refractivity contribution is 7.26. The average molecular weight is 660 g/mol. The van der Waals surface area contributed by atoms with Crippen LogP contribution >= 0.6 is 22.7 Å². The van der Waals surface area contributed by atoms with Gasteiger partial charge in [-0.05, 0) is 88.3 Å². The highest BCUT2D eigenvalue weighted by Gasteiger charge is 2.19. The van der Waals surface area contributed by atoms with Crippen molar-refractivity contribution in [3.63, 3.8) is 0 Å². The van der Waals surface area contributed by atoms with Gasteiger partial charge in [0.05, 0.1) is 5.69 Å². The summed E-state index contributed by atoms with van der Waals surface area (Å²) in [5.74, 6) is 0. The van der Waals surface area contributed by atoms with Crippen LogP contribution in [-0.4, -0.2) is 0 Å². The summed E-state index contributed by atoms with van der Waals surface area (Å²) in [6.45, 7) is 0. The zero-order valence-corrected chi connectivity index (χ0v) is 28.1. The van der Waals surface area contributed by atoms with Gasteiger partial charge in [-0.2, -0.15) is 0 Å². The first-order valence-corrected chi connectivity index (χ1v) is 18.2. The summed E-state index contributed by atoms with van der Waals surface area (Å²) in [5.41, 5.74) is 8.35. The molecule has 2 heterocycles. The Hall–Kier alpha value is -5.74. The molecule has 0 fully saturated rings. The lowest BCUT2D eigenvalue weighted by Crippen LogP contribution is -2.10. The van der Waals surface area contributed by atoms with Gasteiger partial charge >= 0.3 is 0 Å². The number of fused-ring (bicyclic) bond motifs is 7. The molecule has 2 aromatic heterocycles. The van der Waals surface area contributed by atoms with Crippen molar-refractivity contribution < 1.29 is 0 Å². The summed E-state index contributed by atoms with van der Waals surface area (Å²) < 4.78 is 5.28. The molecule has 0 saturated heterocycles. The van der Waals surface area contributed by atoms with E-state index < -0.39 is 0 Å². The number of nitrogens with zero attached hydrogens (tertiary/aromatic N) is 1. The van der Waals surface area contributed by atoms with Gasteiger partial charge in [0.1, 0.15) is 0 Å². The first kappa shape index (κ1) is 28.3. The topological polar surface area (TPSA) is 3.24 Å². The van der Waals surface area contributed by atoms with Crippen LogP contribution < -0.4 is 4.90 Å². The molecule has 0 spiro atoms. The second-order valence-electron chi connectivity index (χ2n) is 12.5. The molecule has 49 heavy (non-hydrogen) atoms. The molecule has 0 atom stereocenters. The van der Waals surface area contributed by atoms with Crippen LogP contribution in [-0.2, 0) is 0 Å². The van der Waals surface area contributed by atoms with E-state index >= 15 is 0 Å². The fraction of sp³-hybridized carbons (Fsp3) is 0. The predicted molar refractivity (Wildman–Crippen MR) is 215 cm³/mol. The molecule has 0 aliphatic rings. The van der Waals surface area contributed by atoms with Crippen LogP contribution in [0.2, 0.25) is 0 Å². The minimum atomic E-state index is 1.13. The van der Waals surface area contributed by atoms with Gasteiger partial charge in [-0.25, -0.2) is 0 Å². The van der Waals surface area contributed by atoms with Crippen molar-refractivity contribution in [2.45, 2.75) is 0 Å². The van der Waals surface area contributed by atoms with E-state index in [1.54, 1.807) is 0 Å². The first-order valence-electron chi connectivity index (χ1n) is 16.6. The van der Waals surface area contributed by atoms with E-state index in [0.717, 1.165) is 17.1 Å². The predicted octanol–water partition coefficient (Wildman–Crippen LogP) is 14.4. The summed E-state index contributed by atoms with van der Waals surface area (Å²) >= 11 is 3.73. The van der Waals surface area contributed by atoms with Crippen molar-refractivity contribution in [1.82, 2.24) is 0 Å². The molecule has 230 valence electrons. The molecular weight excluding hydrogens is 631 g/mol. The highest BCUT2D eigenvalue weighted by Crippen LogP contribution is 2.45. The van der Waals surface area contributed by atoms with Crippen LogP contribution in [0.25, 0.3) is 73.4 Å². The van der Waals surface area contributed by atoms with Gasteiger partial charge in [-0.1, -0.05) is 115 Å². The largest absolute Gasteiger partial charge is 0.310 e. The average Bonchev–Trinajstić information content (AvgIpc) is 3.73. The molecule has 3 heteroatoms. The quantitative estimate of drug-likeness (QED) is 0.178. The SMILES string of the molecule is c1ccc(-c2ccc(N(c3ccc4sc5ccccc5c4c3)c3ccc(-c4ccc5sc6ccccc6c5c4)c4ccccc34)cc2)cc1. The molecule has 0 aliphatic heterocycles. The smallest absolute Gasteiger partial charge is 0.0540 e. The second-order valence-corrected chi connectivity index (χ2v) is 14.7. The fourth-order valence-electron chi connectivity index (χ4n) is 7.34. The van der Waals surface area contributed by atoms with Gasteiger partial charge in [0.25, 0.3) is 0 Å². The Labute approximate surface area is 292 Å². The third-order valence-corrected chi connectivity index (χ3v) is 12.0. The molecule has 0 amide bonds. The molecular formula is C46H29NS2. The minimum Gasteiger partial charge on any atom is -0.310 e. The summed E-state index contributed by atoms with van der Waals surface area (Å²) in [6, 6.07) is 64.5. The molecule has 0 radical (unpaired) electrons. The number of rotatable bonds is 5. The maximum atomic E-state index is 2.43. The molecule has 0 N–H and O–H groups in total. The normalized spacial score (nSPS) is 11.7. The van der Waals surface area contributed by atoms with E-state index in [1.807, 2.05) is 22.7 Å². The van der Waals surface area contributed by atoms with E-state index in [9.17, 15) is 0 Å². The van der Waals surface area contributed by atoms with E-state index in [1.165, 1.54) is 73.4 Å². The van der Waals surface area contributed by atoms with E-state index in [2.05, 4.69) is 181 Å². The summed E-state index contributed by atoms with van der Waals surface area (Å²) in [5, 5.41) is 7.71. The molecule has 10 aromatic rings. The van der Waals surface area contributed by atoms with Crippen molar-refractivity contribution in [2.24, 2.45) is 0 Å². The molecule has 0 bridgehead atoms. The maximum absolute atomic E-state index is 2.43. The van der Waals surface area contributed by atoms with Crippen LogP contribution in [0.1, 0.15) is 0 Å². The van der Waals surface area contributed by atoms with Gasteiger partial charge in [-0.3, -0.25) is 0 Å². The van der Waals surface area contributed by atoms with Gasteiger partial charge < -0.3 is 4.90 Å². The molecule has 10 rings (SSSR count). The first-order chi connectivity index (χ1) is 24.3. The van der Waals surface area contributed by atoms with Gasteiger partial charge in [-0.15, -0.1) is 22.7 Å². The van der Waals surface area contributed by atoms with E-state index in [-0.39, 0.29) is 0 Å². The Bertz CT molecular complexity index is 2830. The Morgan fingerprint density at radius 3 is 1.53 bits per heavy atom. The molecule has 8 aromatic carbocycles. The van der Waals surface area contributed by atoms with Gasteiger partial charge in [0.2, 0.25) is 0 Å². The maximum Gasteiger partial charge on any atom is 0.0540 e. The van der Waals surface area contributed by atoms with Crippen LogP contribution in [0, 0.1) is 0 Å². The number of thiophene rings is 2. The zero-order valence-electron chi connectivity index (χ0n) is 26.5. The van der Waals surface area contributed by atoms with Crippen LogP contribution in [0.15, 0.2) is 176 Å². The standard InChI is InChI=1S/C46H29NS2/c1-2-10-30(11-3-1)31-18-21-33(22-19-31)47(34-23-27-46-41(29-34)39-15-7-9-17-44(39)49-46)42-25-24-35(36-12-4-5-13-37(36)42)32-20-26-45-40(28-32)38-14-6-8-16-43(38)48-45/h1-29H. The lowest BCUT2D eigenvalue weighted by Gasteiger charge is -2.28. The lowest BCUT2D eigenvalue weighted by atomic mass is 9.95. The molecule has 0 saturated carbocycles. The minimum absolute atomic E-state index is 1.13. The Kier molecular flexibility index (Phi) is 6.61. The van der Waals surface area contributed by atoms with Gasteiger partial charge in [0.15, 0.2) is 0 Å². The molecule has 1 nitrogen and oxygen atoms in total. The summed E-state index contributed by atoms with van der Waals surface area (Å²) in [4.78, 5) is 2.43. The summed E-state index contributed by atoms with van der Waals surface area (Å²) in [7, 11) is 0. The van der Waals surface area contributed by atoms with Crippen molar-refractivity contribution in [1.29, 1.82) is 0 Å².